The van der Waals surface area contributed by atoms with Crippen LogP contribution in [-0.2, 0) is 10.8 Å². The van der Waals surface area contributed by atoms with Crippen LogP contribution in [0.1, 0.15) is 63.8 Å². The maximum Gasteiger partial charge on any atom is 0.137 e. The van der Waals surface area contributed by atoms with Crippen LogP contribution in [0.5, 0.6) is 0 Å². The number of rotatable bonds is 7. The van der Waals surface area contributed by atoms with Gasteiger partial charge in [-0.15, -0.1) is 0 Å². The lowest BCUT2D eigenvalue weighted by atomic mass is 9.87. The van der Waals surface area contributed by atoms with Crippen LogP contribution < -0.4 is 9.80 Å². The van der Waals surface area contributed by atoms with Crippen molar-refractivity contribution in [2.45, 2.75) is 66.2 Å². The monoisotopic (exact) mass is 931 g/mol. The van der Waals surface area contributed by atoms with Crippen LogP contribution in [-0.4, -0.2) is 4.40 Å². The lowest BCUT2D eigenvalue weighted by Crippen LogP contribution is -2.13. The highest BCUT2D eigenvalue weighted by Gasteiger charge is 2.25. The van der Waals surface area contributed by atoms with Gasteiger partial charge in [0.15, 0.2) is 0 Å². The smallest absolute Gasteiger partial charge is 0.137 e. The van der Waals surface area contributed by atoms with Gasteiger partial charge in [-0.2, -0.15) is 0 Å². The average molecular weight is 932 g/mol. The third-order valence-corrected chi connectivity index (χ3v) is 15.1. The van der Waals surface area contributed by atoms with Crippen LogP contribution >= 0.6 is 0 Å². The van der Waals surface area contributed by atoms with E-state index in [2.05, 4.69) is 270 Å². The molecule has 0 saturated carbocycles. The Balaban J connectivity index is 1.04. The summed E-state index contributed by atoms with van der Waals surface area (Å²) in [5, 5.41) is 9.57. The fourth-order valence-corrected chi connectivity index (χ4v) is 11.3. The highest BCUT2D eigenvalue weighted by atomic mass is 16.3. The molecule has 0 unspecified atom stereocenters. The van der Waals surface area contributed by atoms with Gasteiger partial charge in [0.2, 0.25) is 0 Å². The lowest BCUT2D eigenvalue weighted by molar-refractivity contribution is 0.590. The SMILES string of the molecule is Cc1cccc(N(c2ccc(C(C)(C)C)cc2)c2ccc3c(c2)oc2ccc4cc5c6cc(-c7ccccc7)cc7c8ccc(N(c9ccc(C(C)(C)C)cc9)c9cccc(C)c9)cc8n(c5cc4c23)c76)c1. The molecule has 0 aliphatic rings. The van der Waals surface area contributed by atoms with Crippen LogP contribution in [0.15, 0.2) is 205 Å². The molecule has 0 radical (unpaired) electrons. The zero-order valence-corrected chi connectivity index (χ0v) is 42.3. The minimum atomic E-state index is 0.0507. The number of hydrogen-bond donors (Lipinski definition) is 0. The van der Waals surface area contributed by atoms with E-state index in [1.54, 1.807) is 0 Å². The Labute approximate surface area is 421 Å². The predicted molar refractivity (Wildman–Crippen MR) is 308 cm³/mol. The summed E-state index contributed by atoms with van der Waals surface area (Å²) in [6, 6.07) is 74.4. The van der Waals surface area contributed by atoms with Gasteiger partial charge in [0.05, 0.1) is 16.6 Å². The molecule has 0 N–H and O–H groups in total. The second-order valence-electron chi connectivity index (χ2n) is 22.1. The van der Waals surface area contributed by atoms with E-state index >= 15 is 0 Å². The number of aromatic nitrogens is 1. The quantitative estimate of drug-likeness (QED) is 0.159. The van der Waals surface area contributed by atoms with E-state index in [1.807, 2.05) is 0 Å². The van der Waals surface area contributed by atoms with Gasteiger partial charge in [-0.1, -0.05) is 133 Å². The molecule has 0 atom stereocenters. The van der Waals surface area contributed by atoms with Gasteiger partial charge in [-0.05, 0) is 172 Å². The Morgan fingerprint density at radius 3 is 1.47 bits per heavy atom. The van der Waals surface area contributed by atoms with E-state index in [0.29, 0.717) is 0 Å². The van der Waals surface area contributed by atoms with Crippen LogP contribution in [0.4, 0.5) is 34.1 Å². The van der Waals surface area contributed by atoms with Crippen molar-refractivity contribution in [3.63, 3.8) is 0 Å². The Hall–Kier alpha value is -8.34. The summed E-state index contributed by atoms with van der Waals surface area (Å²) in [4.78, 5) is 4.75. The maximum atomic E-state index is 6.89. The maximum absolute atomic E-state index is 6.89. The van der Waals surface area contributed by atoms with Crippen LogP contribution in [0, 0.1) is 13.8 Å². The number of benzene rings is 10. The number of aryl methyl sites for hydroxylation is 2. The number of furan rings is 1. The molecule has 0 saturated heterocycles. The number of fused-ring (bicyclic) bond motifs is 11. The molecule has 0 aliphatic carbocycles. The van der Waals surface area contributed by atoms with E-state index < -0.39 is 0 Å². The van der Waals surface area contributed by atoms with Gasteiger partial charge < -0.3 is 18.6 Å². The van der Waals surface area contributed by atoms with Gasteiger partial charge in [-0.3, -0.25) is 0 Å². The molecule has 4 nitrogen and oxygen atoms in total. The Morgan fingerprint density at radius 2 is 0.889 bits per heavy atom. The van der Waals surface area contributed by atoms with E-state index in [-0.39, 0.29) is 10.8 Å². The fraction of sp³-hybridized carbons (Fsp3) is 0.147. The van der Waals surface area contributed by atoms with Crippen molar-refractivity contribution >= 4 is 105 Å². The molecule has 0 spiro atoms. The first-order valence-electron chi connectivity index (χ1n) is 25.3. The largest absolute Gasteiger partial charge is 0.456 e. The van der Waals surface area contributed by atoms with Crippen LogP contribution in [0.2, 0.25) is 0 Å². The van der Waals surface area contributed by atoms with Crippen molar-refractivity contribution in [3.05, 3.63) is 222 Å². The number of anilines is 6. The minimum absolute atomic E-state index is 0.0507. The summed E-state index contributed by atoms with van der Waals surface area (Å²) in [6.45, 7) is 18.0. The van der Waals surface area contributed by atoms with Gasteiger partial charge in [0.25, 0.3) is 0 Å². The molecule has 13 aromatic rings. The van der Waals surface area contributed by atoms with Gasteiger partial charge in [0, 0.05) is 72.5 Å². The Kier molecular flexibility index (Phi) is 9.76. The average Bonchev–Trinajstić information content (AvgIpc) is 4.02. The predicted octanol–water partition coefficient (Wildman–Crippen LogP) is 19.7. The van der Waals surface area contributed by atoms with Gasteiger partial charge >= 0.3 is 0 Å². The summed E-state index contributed by atoms with van der Waals surface area (Å²) in [5.41, 5.74) is 19.6. The third-order valence-electron chi connectivity index (χ3n) is 15.1. The highest BCUT2D eigenvalue weighted by molar-refractivity contribution is 6.28. The van der Waals surface area contributed by atoms with Gasteiger partial charge in [0.1, 0.15) is 11.2 Å². The van der Waals surface area contributed by atoms with Crippen molar-refractivity contribution in [2.24, 2.45) is 0 Å². The molecule has 3 aromatic heterocycles. The lowest BCUT2D eigenvalue weighted by Gasteiger charge is -2.27. The highest BCUT2D eigenvalue weighted by Crippen LogP contribution is 2.47. The standard InChI is InChI=1S/C68H57N3O/c1-42-14-12-18-51(34-42)69(49-25-21-47(22-26-49)67(3,4)5)53-29-31-55-59-37-46(44-16-10-9-11-17-44)38-60-58-36-45-20-33-63-65(57(45)41-62(58)71(66(59)60)61(55)39-53)56-32-30-54(40-64(56)72-63)70(52-19-13-15-43(2)35-52)50-27-23-48(24-28-50)68(6,7)8/h9-41H,1-8H3. The molecule has 0 fully saturated rings. The normalized spacial score (nSPS) is 12.4. The van der Waals surface area contributed by atoms with E-state index in [0.717, 1.165) is 56.1 Å². The number of hydrogen-bond acceptors (Lipinski definition) is 3. The summed E-state index contributed by atoms with van der Waals surface area (Å²) in [7, 11) is 0. The molecule has 350 valence electrons. The van der Waals surface area contributed by atoms with Crippen LogP contribution in [0.3, 0.4) is 0 Å². The van der Waals surface area contributed by atoms with Crippen molar-refractivity contribution in [2.75, 3.05) is 9.80 Å². The van der Waals surface area contributed by atoms with Crippen molar-refractivity contribution < 1.29 is 4.42 Å². The molecule has 0 bridgehead atoms. The first-order chi connectivity index (χ1) is 34.7. The zero-order chi connectivity index (χ0) is 49.2. The summed E-state index contributed by atoms with van der Waals surface area (Å²) in [6.07, 6.45) is 0. The summed E-state index contributed by atoms with van der Waals surface area (Å²) < 4.78 is 9.43. The van der Waals surface area contributed by atoms with E-state index in [9.17, 15) is 0 Å². The van der Waals surface area contributed by atoms with Gasteiger partial charge in [-0.25, -0.2) is 0 Å². The Morgan fingerprint density at radius 1 is 0.361 bits per heavy atom. The van der Waals surface area contributed by atoms with Crippen molar-refractivity contribution in [1.82, 2.24) is 4.40 Å². The molecule has 3 heterocycles. The molecule has 13 rings (SSSR count). The second kappa shape index (κ2) is 16.1. The van der Waals surface area contributed by atoms with Crippen LogP contribution in [0.25, 0.3) is 81.9 Å². The Bertz CT molecular complexity index is 4240. The topological polar surface area (TPSA) is 24.0 Å². The second-order valence-corrected chi connectivity index (χ2v) is 22.1. The molecular formula is C68H57N3O. The molecule has 0 amide bonds. The number of nitrogens with zero attached hydrogens (tertiary/aromatic N) is 3. The molecule has 10 aromatic carbocycles. The molecular weight excluding hydrogens is 875 g/mol. The zero-order valence-electron chi connectivity index (χ0n) is 42.3. The fourth-order valence-electron chi connectivity index (χ4n) is 11.3. The molecule has 72 heavy (non-hydrogen) atoms. The first-order valence-corrected chi connectivity index (χ1v) is 25.3. The van der Waals surface area contributed by atoms with E-state index in [4.69, 9.17) is 4.42 Å². The third kappa shape index (κ3) is 7.11. The molecule has 0 aliphatic heterocycles. The minimum Gasteiger partial charge on any atom is -0.456 e. The summed E-state index contributed by atoms with van der Waals surface area (Å²) >= 11 is 0. The van der Waals surface area contributed by atoms with Crippen molar-refractivity contribution in [1.29, 1.82) is 0 Å². The van der Waals surface area contributed by atoms with E-state index in [1.165, 1.54) is 82.2 Å². The van der Waals surface area contributed by atoms with Crippen molar-refractivity contribution in [3.8, 4) is 11.1 Å². The summed E-state index contributed by atoms with van der Waals surface area (Å²) in [5.74, 6) is 0. The first kappa shape index (κ1) is 43.7. The molecule has 4 heteroatoms.